The Morgan fingerprint density at radius 1 is 1.24 bits per heavy atom. The van der Waals surface area contributed by atoms with Gasteiger partial charge in [0.05, 0.1) is 11.7 Å². The van der Waals surface area contributed by atoms with Crippen molar-refractivity contribution in [3.63, 3.8) is 0 Å². The van der Waals surface area contributed by atoms with Crippen molar-refractivity contribution in [2.24, 2.45) is 13.0 Å². The fraction of sp³-hybridized carbons (Fsp3) is 0.364. The molecule has 1 saturated carbocycles. The normalized spacial score (nSPS) is 19.0. The van der Waals surface area contributed by atoms with Crippen molar-refractivity contribution in [1.82, 2.24) is 25.2 Å². The number of nitrogens with one attached hydrogen (secondary N) is 2. The van der Waals surface area contributed by atoms with E-state index in [-0.39, 0.29) is 29.5 Å². The molecule has 1 aliphatic rings. The zero-order chi connectivity index (χ0) is 20.7. The molecule has 3 aromatic heterocycles. The van der Waals surface area contributed by atoms with Gasteiger partial charge in [-0.1, -0.05) is 13.8 Å². The first-order chi connectivity index (χ1) is 13.9. The Labute approximate surface area is 169 Å². The average molecular weight is 391 g/mol. The van der Waals surface area contributed by atoms with Crippen LogP contribution in [0.2, 0.25) is 0 Å². The largest absolute Gasteiger partial charge is 0.354 e. The number of fused-ring (bicyclic) bond motifs is 1. The molecule has 0 spiro atoms. The molecule has 3 heterocycles. The first kappa shape index (κ1) is 19.1. The summed E-state index contributed by atoms with van der Waals surface area (Å²) in [6.45, 7) is 4.12. The van der Waals surface area contributed by atoms with Crippen LogP contribution in [0.25, 0.3) is 10.9 Å². The molecular formula is C22H25N5O2. The zero-order valence-corrected chi connectivity index (χ0v) is 17.1. The lowest BCUT2D eigenvalue weighted by molar-refractivity contribution is 0.0949. The molecule has 0 bridgehead atoms. The molecule has 150 valence electrons. The van der Waals surface area contributed by atoms with Gasteiger partial charge in [-0.25, -0.2) is 4.98 Å². The predicted molar refractivity (Wildman–Crippen MR) is 111 cm³/mol. The fourth-order valence-electron chi connectivity index (χ4n) is 3.63. The lowest BCUT2D eigenvalue weighted by atomic mass is 9.94. The lowest BCUT2D eigenvalue weighted by Gasteiger charge is -2.15. The maximum absolute atomic E-state index is 12.7. The van der Waals surface area contributed by atoms with E-state index in [1.807, 2.05) is 43.2 Å². The quantitative estimate of drug-likeness (QED) is 0.700. The average Bonchev–Trinajstić information content (AvgIpc) is 3.29. The van der Waals surface area contributed by atoms with Crippen molar-refractivity contribution >= 4 is 22.7 Å². The number of aryl methyl sites for hydroxylation is 1. The molecule has 0 saturated heterocycles. The number of hydrogen-bond acceptors (Lipinski definition) is 4. The summed E-state index contributed by atoms with van der Waals surface area (Å²) in [6, 6.07) is 5.59. The molecule has 7 heteroatoms. The second kappa shape index (κ2) is 7.31. The summed E-state index contributed by atoms with van der Waals surface area (Å²) in [5, 5.41) is 6.71. The van der Waals surface area contributed by atoms with Gasteiger partial charge in [0.15, 0.2) is 0 Å². The van der Waals surface area contributed by atoms with Gasteiger partial charge in [-0.15, -0.1) is 0 Å². The topological polar surface area (TPSA) is 88.9 Å². The molecule has 2 amide bonds. The standard InChI is InChI=1S/C22H25N5O2/c1-12-7-17(12)26-21(28)14-8-18(25-19(9-14)22(29)23-3)13(2)16-10-24-11-20-15(16)5-6-27(20)4/h5-6,8-13,17H,7H2,1-4H3,(H,23,29)(H,26,28)/t12-,13-,17-/m0/s1. The maximum Gasteiger partial charge on any atom is 0.269 e. The molecule has 0 radical (unpaired) electrons. The van der Waals surface area contributed by atoms with Gasteiger partial charge < -0.3 is 15.2 Å². The summed E-state index contributed by atoms with van der Waals surface area (Å²) in [6.07, 6.45) is 6.64. The summed E-state index contributed by atoms with van der Waals surface area (Å²) in [5.74, 6) is -0.121. The second-order valence-electron chi connectivity index (χ2n) is 7.85. The van der Waals surface area contributed by atoms with E-state index in [0.29, 0.717) is 17.2 Å². The maximum atomic E-state index is 12.7. The highest BCUT2D eigenvalue weighted by molar-refractivity contribution is 5.99. The van der Waals surface area contributed by atoms with E-state index < -0.39 is 0 Å². The third-order valence-electron chi connectivity index (χ3n) is 5.75. The minimum absolute atomic E-state index is 0.135. The monoisotopic (exact) mass is 391 g/mol. The summed E-state index contributed by atoms with van der Waals surface area (Å²) in [4.78, 5) is 34.0. The molecule has 0 unspecified atom stereocenters. The van der Waals surface area contributed by atoms with Crippen molar-refractivity contribution in [1.29, 1.82) is 0 Å². The Kier molecular flexibility index (Phi) is 4.82. The molecule has 4 rings (SSSR count). The van der Waals surface area contributed by atoms with Gasteiger partial charge in [0.2, 0.25) is 0 Å². The van der Waals surface area contributed by atoms with Gasteiger partial charge >= 0.3 is 0 Å². The molecule has 0 aromatic carbocycles. The number of pyridine rings is 2. The number of aromatic nitrogens is 3. The highest BCUT2D eigenvalue weighted by atomic mass is 16.2. The second-order valence-corrected chi connectivity index (χ2v) is 7.85. The van der Waals surface area contributed by atoms with Crippen LogP contribution in [0.1, 0.15) is 58.3 Å². The summed E-state index contributed by atoms with van der Waals surface area (Å²) in [7, 11) is 3.53. The number of amides is 2. The van der Waals surface area contributed by atoms with E-state index in [1.54, 1.807) is 19.2 Å². The van der Waals surface area contributed by atoms with Crippen LogP contribution in [0.4, 0.5) is 0 Å². The van der Waals surface area contributed by atoms with Gasteiger partial charge in [0.1, 0.15) is 5.69 Å². The van der Waals surface area contributed by atoms with Crippen LogP contribution in [-0.4, -0.2) is 39.4 Å². The highest BCUT2D eigenvalue weighted by Crippen LogP contribution is 2.31. The van der Waals surface area contributed by atoms with Crippen molar-refractivity contribution < 1.29 is 9.59 Å². The van der Waals surface area contributed by atoms with E-state index in [4.69, 9.17) is 0 Å². The van der Waals surface area contributed by atoms with Crippen LogP contribution < -0.4 is 10.6 Å². The van der Waals surface area contributed by atoms with Crippen molar-refractivity contribution in [2.45, 2.75) is 32.2 Å². The van der Waals surface area contributed by atoms with Crippen LogP contribution >= 0.6 is 0 Å². The van der Waals surface area contributed by atoms with E-state index in [9.17, 15) is 9.59 Å². The van der Waals surface area contributed by atoms with E-state index in [1.165, 1.54) is 0 Å². The molecule has 3 atom stereocenters. The molecular weight excluding hydrogens is 366 g/mol. The molecule has 0 aliphatic heterocycles. The van der Waals surface area contributed by atoms with Crippen molar-refractivity contribution in [3.05, 3.63) is 59.3 Å². The van der Waals surface area contributed by atoms with E-state index in [0.717, 1.165) is 22.9 Å². The first-order valence-corrected chi connectivity index (χ1v) is 9.83. The minimum Gasteiger partial charge on any atom is -0.354 e. The van der Waals surface area contributed by atoms with Gasteiger partial charge in [-0.2, -0.15) is 0 Å². The van der Waals surface area contributed by atoms with Crippen LogP contribution in [-0.2, 0) is 7.05 Å². The Bertz CT molecular complexity index is 1100. The SMILES string of the molecule is CNC(=O)c1cc(C(=O)N[C@H]2C[C@@H]2C)cc([C@@H](C)c2cncc3c2ccn3C)n1. The van der Waals surface area contributed by atoms with Crippen molar-refractivity contribution in [3.8, 4) is 0 Å². The van der Waals surface area contributed by atoms with Gasteiger partial charge in [-0.05, 0) is 36.1 Å². The number of carbonyl (C=O) groups excluding carboxylic acids is 2. The summed E-state index contributed by atoms with van der Waals surface area (Å²) in [5.41, 5.74) is 3.38. The number of hydrogen-bond donors (Lipinski definition) is 2. The third-order valence-corrected chi connectivity index (χ3v) is 5.75. The number of carbonyl (C=O) groups is 2. The lowest BCUT2D eigenvalue weighted by Crippen LogP contribution is -2.28. The van der Waals surface area contributed by atoms with E-state index >= 15 is 0 Å². The molecule has 7 nitrogen and oxygen atoms in total. The van der Waals surface area contributed by atoms with Crippen LogP contribution in [0.15, 0.2) is 36.8 Å². The van der Waals surface area contributed by atoms with E-state index in [2.05, 4.69) is 27.5 Å². The van der Waals surface area contributed by atoms with Crippen LogP contribution in [0, 0.1) is 5.92 Å². The molecule has 3 aromatic rings. The Hall–Kier alpha value is -3.22. The molecule has 2 N–H and O–H groups in total. The summed E-state index contributed by atoms with van der Waals surface area (Å²) < 4.78 is 2.02. The number of rotatable bonds is 5. The molecule has 1 fully saturated rings. The Morgan fingerprint density at radius 3 is 2.69 bits per heavy atom. The Morgan fingerprint density at radius 2 is 2.00 bits per heavy atom. The van der Waals surface area contributed by atoms with Crippen LogP contribution in [0.5, 0.6) is 0 Å². The first-order valence-electron chi connectivity index (χ1n) is 9.83. The zero-order valence-electron chi connectivity index (χ0n) is 17.1. The van der Waals surface area contributed by atoms with Gasteiger partial charge in [0.25, 0.3) is 11.8 Å². The van der Waals surface area contributed by atoms with Crippen molar-refractivity contribution in [2.75, 3.05) is 7.05 Å². The fourth-order valence-corrected chi connectivity index (χ4v) is 3.63. The molecule has 1 aliphatic carbocycles. The highest BCUT2D eigenvalue weighted by Gasteiger charge is 2.34. The van der Waals surface area contributed by atoms with Gasteiger partial charge in [0, 0.05) is 55.1 Å². The minimum atomic E-state index is -0.316. The third kappa shape index (κ3) is 3.60. The van der Waals surface area contributed by atoms with Crippen LogP contribution in [0.3, 0.4) is 0 Å². The molecule has 29 heavy (non-hydrogen) atoms. The van der Waals surface area contributed by atoms with Gasteiger partial charge in [-0.3, -0.25) is 14.6 Å². The smallest absolute Gasteiger partial charge is 0.269 e. The Balaban J connectivity index is 1.75. The summed E-state index contributed by atoms with van der Waals surface area (Å²) >= 11 is 0. The predicted octanol–water partition coefficient (Wildman–Crippen LogP) is 2.62. The number of nitrogens with zero attached hydrogens (tertiary/aromatic N) is 3.